The van der Waals surface area contributed by atoms with Crippen molar-refractivity contribution in [2.75, 3.05) is 4.90 Å². The van der Waals surface area contributed by atoms with Crippen LogP contribution < -0.4 is 21.3 Å². The van der Waals surface area contributed by atoms with E-state index in [9.17, 15) is 0 Å². The van der Waals surface area contributed by atoms with Gasteiger partial charge in [0.2, 0.25) is 0 Å². The SMILES string of the molecule is CC1(C)c2ccccc2N2c3cccc4c3B(c3cccc1c32)c1cccc2c(C3=CCCC=C3)c(-c3ccccc3)n-4c12. The maximum absolute atomic E-state index is 2.60. The zero-order valence-corrected chi connectivity index (χ0v) is 25.0. The zero-order valence-electron chi connectivity index (χ0n) is 25.0. The summed E-state index contributed by atoms with van der Waals surface area (Å²) >= 11 is 0. The van der Waals surface area contributed by atoms with Crippen molar-refractivity contribution < 1.29 is 0 Å². The highest BCUT2D eigenvalue weighted by Crippen LogP contribution is 2.53. The lowest BCUT2D eigenvalue weighted by Gasteiger charge is -2.48. The number of anilines is 3. The van der Waals surface area contributed by atoms with Gasteiger partial charge in [0.15, 0.2) is 0 Å². The molecule has 0 atom stereocenters. The molecule has 0 radical (unpaired) electrons. The topological polar surface area (TPSA) is 8.17 Å². The molecule has 1 aromatic heterocycles. The van der Waals surface area contributed by atoms with Crippen LogP contribution in [-0.4, -0.2) is 11.3 Å². The minimum Gasteiger partial charge on any atom is -0.311 e. The van der Waals surface area contributed by atoms with Crippen LogP contribution in [0.3, 0.4) is 0 Å². The number of aromatic nitrogens is 1. The highest BCUT2D eigenvalue weighted by molar-refractivity contribution is 7.00. The van der Waals surface area contributed by atoms with Gasteiger partial charge in [-0.25, -0.2) is 0 Å². The molecule has 0 fully saturated rings. The first-order valence-electron chi connectivity index (χ1n) is 15.9. The Morgan fingerprint density at radius 2 is 1.39 bits per heavy atom. The molecular formula is C41H31BN2. The fourth-order valence-electron chi connectivity index (χ4n) is 8.76. The molecule has 0 bridgehead atoms. The van der Waals surface area contributed by atoms with Gasteiger partial charge >= 0.3 is 0 Å². The van der Waals surface area contributed by atoms with Gasteiger partial charge in [0.1, 0.15) is 0 Å². The van der Waals surface area contributed by atoms with Crippen molar-refractivity contribution in [2.45, 2.75) is 32.1 Å². The maximum atomic E-state index is 2.60. The smallest absolute Gasteiger partial charge is 0.252 e. The van der Waals surface area contributed by atoms with E-state index in [-0.39, 0.29) is 12.1 Å². The largest absolute Gasteiger partial charge is 0.311 e. The van der Waals surface area contributed by atoms with Crippen molar-refractivity contribution in [3.63, 3.8) is 0 Å². The van der Waals surface area contributed by atoms with Gasteiger partial charge in [-0.15, -0.1) is 0 Å². The minimum absolute atomic E-state index is 0.0954. The Balaban J connectivity index is 1.39. The third-order valence-electron chi connectivity index (χ3n) is 10.6. The summed E-state index contributed by atoms with van der Waals surface area (Å²) in [5.41, 5.74) is 18.7. The number of rotatable bonds is 2. The van der Waals surface area contributed by atoms with Gasteiger partial charge in [0.05, 0.1) is 11.4 Å². The normalized spacial score (nSPS) is 16.4. The Labute approximate surface area is 258 Å². The van der Waals surface area contributed by atoms with Crippen molar-refractivity contribution in [1.29, 1.82) is 0 Å². The van der Waals surface area contributed by atoms with Gasteiger partial charge in [-0.2, -0.15) is 0 Å². The fourth-order valence-corrected chi connectivity index (χ4v) is 8.76. The lowest BCUT2D eigenvalue weighted by atomic mass is 9.33. The number of nitrogens with zero attached hydrogens (tertiary/aromatic N) is 2. The Bertz CT molecular complexity index is 2270. The first-order valence-corrected chi connectivity index (χ1v) is 15.9. The standard InChI is InChI=1S/C41H31BN2/c1-41(2)29-19-9-10-23-33(29)43-34-24-13-25-35-37(34)42(32-22-12-20-30(41)40(32)43)31-21-11-18-28-36(26-14-5-3-6-15-26)38(44(35)39(28)31)27-16-7-4-8-17-27/h4-5,7-25H,3,6H2,1-2H3. The maximum Gasteiger partial charge on any atom is 0.252 e. The van der Waals surface area contributed by atoms with E-state index in [1.807, 2.05) is 0 Å². The summed E-state index contributed by atoms with van der Waals surface area (Å²) in [6.07, 6.45) is 9.31. The molecule has 6 aromatic rings. The van der Waals surface area contributed by atoms with Crippen molar-refractivity contribution in [3.05, 3.63) is 144 Å². The molecule has 2 nitrogen and oxygen atoms in total. The second-order valence-corrected chi connectivity index (χ2v) is 13.2. The van der Waals surface area contributed by atoms with E-state index in [4.69, 9.17) is 0 Å². The van der Waals surface area contributed by atoms with Crippen LogP contribution in [0.4, 0.5) is 17.1 Å². The number of allylic oxidation sites excluding steroid dienone is 4. The monoisotopic (exact) mass is 562 g/mol. The van der Waals surface area contributed by atoms with Crippen LogP contribution in [0.15, 0.2) is 127 Å². The third-order valence-corrected chi connectivity index (χ3v) is 10.6. The third kappa shape index (κ3) is 2.92. The highest BCUT2D eigenvalue weighted by Gasteiger charge is 2.47. The predicted molar refractivity (Wildman–Crippen MR) is 187 cm³/mol. The van der Waals surface area contributed by atoms with Gasteiger partial charge in [-0.05, 0) is 69.7 Å². The molecule has 0 amide bonds. The van der Waals surface area contributed by atoms with Crippen LogP contribution in [0.2, 0.25) is 0 Å². The van der Waals surface area contributed by atoms with Crippen molar-refractivity contribution in [3.8, 4) is 16.9 Å². The van der Waals surface area contributed by atoms with E-state index >= 15 is 0 Å². The molecule has 208 valence electrons. The lowest BCUT2D eigenvalue weighted by Crippen LogP contribution is -2.61. The van der Waals surface area contributed by atoms with Crippen LogP contribution in [0.25, 0.3) is 33.4 Å². The van der Waals surface area contributed by atoms with E-state index in [1.165, 1.54) is 83.6 Å². The number of fused-ring (bicyclic) bond motifs is 6. The number of hydrogen-bond donors (Lipinski definition) is 0. The molecule has 0 N–H and O–H groups in total. The first-order chi connectivity index (χ1) is 21.6. The van der Waals surface area contributed by atoms with E-state index in [2.05, 4.69) is 151 Å². The molecule has 4 aliphatic rings. The Morgan fingerprint density at radius 1 is 0.659 bits per heavy atom. The molecule has 0 unspecified atom stereocenters. The second-order valence-electron chi connectivity index (χ2n) is 13.2. The molecule has 10 rings (SSSR count). The second kappa shape index (κ2) is 8.54. The summed E-state index contributed by atoms with van der Waals surface area (Å²) < 4.78 is 2.60. The number of benzene rings is 5. The van der Waals surface area contributed by atoms with Crippen LogP contribution >= 0.6 is 0 Å². The highest BCUT2D eigenvalue weighted by atomic mass is 15.2. The fraction of sp³-hybridized carbons (Fsp3) is 0.122. The zero-order chi connectivity index (χ0) is 29.2. The molecule has 0 spiro atoms. The van der Waals surface area contributed by atoms with Crippen molar-refractivity contribution in [1.82, 2.24) is 4.57 Å². The van der Waals surface area contributed by atoms with Gasteiger partial charge < -0.3 is 9.47 Å². The van der Waals surface area contributed by atoms with Gasteiger partial charge in [-0.3, -0.25) is 0 Å². The van der Waals surface area contributed by atoms with Gasteiger partial charge in [0.25, 0.3) is 6.71 Å². The molecular weight excluding hydrogens is 531 g/mol. The van der Waals surface area contributed by atoms with Gasteiger partial charge in [0, 0.05) is 38.9 Å². The summed E-state index contributed by atoms with van der Waals surface area (Å²) in [6, 6.07) is 41.1. The Hall–Kier alpha value is -5.02. The molecule has 0 saturated heterocycles. The molecule has 5 aromatic carbocycles. The van der Waals surface area contributed by atoms with Crippen LogP contribution in [0.5, 0.6) is 0 Å². The molecule has 3 heteroatoms. The quantitative estimate of drug-likeness (QED) is 0.193. The predicted octanol–water partition coefficient (Wildman–Crippen LogP) is 8.28. The summed E-state index contributed by atoms with van der Waals surface area (Å²) in [7, 11) is 0. The average Bonchev–Trinajstić information content (AvgIpc) is 3.43. The summed E-state index contributed by atoms with van der Waals surface area (Å²) in [6.45, 7) is 4.94. The minimum atomic E-state index is -0.0954. The van der Waals surface area contributed by atoms with E-state index < -0.39 is 0 Å². The van der Waals surface area contributed by atoms with E-state index in [1.54, 1.807) is 0 Å². The molecule has 1 aliphatic carbocycles. The van der Waals surface area contributed by atoms with E-state index in [0.29, 0.717) is 0 Å². The lowest BCUT2D eigenvalue weighted by molar-refractivity contribution is 0.632. The van der Waals surface area contributed by atoms with Crippen molar-refractivity contribution >= 4 is 56.6 Å². The number of para-hydroxylation sites is 3. The van der Waals surface area contributed by atoms with Crippen LogP contribution in [0, 0.1) is 0 Å². The number of hydrogen-bond acceptors (Lipinski definition) is 1. The molecule has 0 saturated carbocycles. The van der Waals surface area contributed by atoms with Crippen LogP contribution in [-0.2, 0) is 5.41 Å². The summed E-state index contributed by atoms with van der Waals surface area (Å²) in [4.78, 5) is 2.57. The Kier molecular flexibility index (Phi) is 4.74. The average molecular weight is 563 g/mol. The molecule has 44 heavy (non-hydrogen) atoms. The van der Waals surface area contributed by atoms with Gasteiger partial charge in [-0.1, -0.05) is 123 Å². The Morgan fingerprint density at radius 3 is 2.25 bits per heavy atom. The molecule has 4 heterocycles. The molecule has 3 aliphatic heterocycles. The van der Waals surface area contributed by atoms with Crippen LogP contribution in [0.1, 0.15) is 43.4 Å². The first kappa shape index (κ1) is 24.4. The van der Waals surface area contributed by atoms with E-state index in [0.717, 1.165) is 12.8 Å². The van der Waals surface area contributed by atoms with Crippen molar-refractivity contribution in [2.24, 2.45) is 0 Å². The summed E-state index contributed by atoms with van der Waals surface area (Å²) in [5, 5.41) is 1.34. The summed E-state index contributed by atoms with van der Waals surface area (Å²) in [5.74, 6) is 0.